The molecule has 1 saturated heterocycles. The van der Waals surface area contributed by atoms with Crippen LogP contribution in [0, 0.1) is 5.82 Å². The van der Waals surface area contributed by atoms with Crippen molar-refractivity contribution < 1.29 is 12.8 Å². The Morgan fingerprint density at radius 1 is 0.879 bits per heavy atom. The lowest BCUT2D eigenvalue weighted by Gasteiger charge is -2.33. The van der Waals surface area contributed by atoms with Gasteiger partial charge in [0.2, 0.25) is 0 Å². The van der Waals surface area contributed by atoms with E-state index in [-0.39, 0.29) is 4.90 Å². The van der Waals surface area contributed by atoms with Crippen LogP contribution in [0.1, 0.15) is 18.4 Å². The van der Waals surface area contributed by atoms with Crippen molar-refractivity contribution in [3.63, 3.8) is 0 Å². The maximum atomic E-state index is 13.3. The van der Waals surface area contributed by atoms with Gasteiger partial charge in [0.15, 0.2) is 0 Å². The Hall–Kier alpha value is -3.16. The molecular weight excluding hydrogens is 437 g/mol. The second-order valence-corrected chi connectivity index (χ2v) is 10.3. The van der Waals surface area contributed by atoms with E-state index in [9.17, 15) is 12.8 Å². The van der Waals surface area contributed by atoms with Crippen molar-refractivity contribution in [3.8, 4) is 0 Å². The largest absolute Gasteiger partial charge is 0.382 e. The van der Waals surface area contributed by atoms with Gasteiger partial charge in [0.25, 0.3) is 10.0 Å². The first-order chi connectivity index (χ1) is 16.0. The zero-order valence-corrected chi connectivity index (χ0v) is 19.0. The average molecular weight is 464 g/mol. The van der Waals surface area contributed by atoms with E-state index in [0.717, 1.165) is 55.7 Å². The lowest BCUT2D eigenvalue weighted by Crippen LogP contribution is -2.38. The number of fused-ring (bicyclic) bond motifs is 1. The molecular formula is C26H26FN3O2S. The highest BCUT2D eigenvalue weighted by Crippen LogP contribution is 2.29. The maximum Gasteiger partial charge on any atom is 0.268 e. The first-order valence-electron chi connectivity index (χ1n) is 11.1. The van der Waals surface area contributed by atoms with Gasteiger partial charge in [-0.1, -0.05) is 36.4 Å². The standard InChI is InChI=1S/C26H26FN3O2S/c27-21-9-11-23(12-10-21)33(31,32)30-18-15-24-25(7-4-8-26(24)30)28-22-13-16-29(17-14-22)19-20-5-2-1-3-6-20/h1-12,15,18,22,28H,13-14,16-17,19H2. The summed E-state index contributed by atoms with van der Waals surface area (Å²) in [5, 5.41) is 4.49. The Morgan fingerprint density at radius 2 is 1.61 bits per heavy atom. The fourth-order valence-corrected chi connectivity index (χ4v) is 5.84. The van der Waals surface area contributed by atoms with Crippen LogP contribution in [0.15, 0.2) is 90.0 Å². The quantitative estimate of drug-likeness (QED) is 0.433. The number of nitrogens with zero attached hydrogens (tertiary/aromatic N) is 2. The van der Waals surface area contributed by atoms with E-state index in [4.69, 9.17) is 0 Å². The number of piperidine rings is 1. The number of benzene rings is 3. The van der Waals surface area contributed by atoms with Gasteiger partial charge < -0.3 is 5.32 Å². The molecule has 1 aliphatic rings. The monoisotopic (exact) mass is 463 g/mol. The molecule has 1 aromatic heterocycles. The summed E-state index contributed by atoms with van der Waals surface area (Å²) < 4.78 is 40.8. The molecule has 0 amide bonds. The van der Waals surface area contributed by atoms with Gasteiger partial charge in [-0.05, 0) is 60.9 Å². The van der Waals surface area contributed by atoms with Gasteiger partial charge in [0, 0.05) is 42.9 Å². The smallest absolute Gasteiger partial charge is 0.268 e. The van der Waals surface area contributed by atoms with Crippen LogP contribution in [-0.4, -0.2) is 36.4 Å². The Kier molecular flexibility index (Phi) is 5.91. The second-order valence-electron chi connectivity index (χ2n) is 8.49. The number of hydrogen-bond acceptors (Lipinski definition) is 4. The van der Waals surface area contributed by atoms with Crippen molar-refractivity contribution in [1.82, 2.24) is 8.87 Å². The highest BCUT2D eigenvalue weighted by molar-refractivity contribution is 7.90. The third-order valence-corrected chi connectivity index (χ3v) is 7.97. The van der Waals surface area contributed by atoms with Crippen LogP contribution in [0.4, 0.5) is 10.1 Å². The topological polar surface area (TPSA) is 54.3 Å². The molecule has 33 heavy (non-hydrogen) atoms. The normalized spacial score (nSPS) is 15.7. The molecule has 0 aliphatic carbocycles. The summed E-state index contributed by atoms with van der Waals surface area (Å²) in [5.41, 5.74) is 2.87. The molecule has 170 valence electrons. The predicted octanol–water partition coefficient (Wildman–Crippen LogP) is 5.09. The van der Waals surface area contributed by atoms with Crippen LogP contribution < -0.4 is 5.32 Å². The fraction of sp³-hybridized carbons (Fsp3) is 0.231. The van der Waals surface area contributed by atoms with Gasteiger partial charge in [-0.25, -0.2) is 16.8 Å². The molecule has 1 N–H and O–H groups in total. The minimum atomic E-state index is -3.81. The molecule has 0 saturated carbocycles. The minimum Gasteiger partial charge on any atom is -0.382 e. The summed E-state index contributed by atoms with van der Waals surface area (Å²) in [4.78, 5) is 2.53. The molecule has 5 nitrogen and oxygen atoms in total. The molecule has 3 aromatic carbocycles. The van der Waals surface area contributed by atoms with Crippen LogP contribution in [0.25, 0.3) is 10.9 Å². The molecule has 5 rings (SSSR count). The number of aromatic nitrogens is 1. The highest BCUT2D eigenvalue weighted by Gasteiger charge is 2.22. The number of likely N-dealkylation sites (tertiary alicyclic amines) is 1. The first-order valence-corrected chi connectivity index (χ1v) is 12.6. The highest BCUT2D eigenvalue weighted by atomic mass is 32.2. The first kappa shape index (κ1) is 21.7. The average Bonchev–Trinajstić information content (AvgIpc) is 3.28. The van der Waals surface area contributed by atoms with E-state index in [2.05, 4.69) is 34.5 Å². The molecule has 7 heteroatoms. The number of nitrogens with one attached hydrogen (secondary N) is 1. The third-order valence-electron chi connectivity index (χ3n) is 6.26. The molecule has 0 atom stereocenters. The number of rotatable bonds is 6. The Morgan fingerprint density at radius 3 is 2.33 bits per heavy atom. The van der Waals surface area contributed by atoms with Crippen LogP contribution in [-0.2, 0) is 16.6 Å². The summed E-state index contributed by atoms with van der Waals surface area (Å²) in [6.45, 7) is 3.00. The van der Waals surface area contributed by atoms with Crippen LogP contribution in [0.3, 0.4) is 0 Å². The summed E-state index contributed by atoms with van der Waals surface area (Å²) in [6.07, 6.45) is 3.62. The summed E-state index contributed by atoms with van der Waals surface area (Å²) in [6, 6.07) is 23.2. The second kappa shape index (κ2) is 9.00. The maximum absolute atomic E-state index is 13.3. The zero-order valence-electron chi connectivity index (χ0n) is 18.2. The zero-order chi connectivity index (χ0) is 22.8. The van der Waals surface area contributed by atoms with Gasteiger partial charge in [-0.3, -0.25) is 4.90 Å². The number of hydrogen-bond donors (Lipinski definition) is 1. The van der Waals surface area contributed by atoms with E-state index in [0.29, 0.717) is 11.6 Å². The van der Waals surface area contributed by atoms with Crippen LogP contribution >= 0.6 is 0 Å². The predicted molar refractivity (Wildman–Crippen MR) is 129 cm³/mol. The van der Waals surface area contributed by atoms with E-state index in [1.807, 2.05) is 24.3 Å². The summed E-state index contributed by atoms with van der Waals surface area (Å²) in [7, 11) is -3.81. The van der Waals surface area contributed by atoms with Gasteiger partial charge in [0.05, 0.1) is 10.4 Å². The van der Waals surface area contributed by atoms with Crippen molar-refractivity contribution >= 4 is 26.6 Å². The van der Waals surface area contributed by atoms with Gasteiger partial charge in [-0.2, -0.15) is 0 Å². The van der Waals surface area contributed by atoms with Crippen LogP contribution in [0.2, 0.25) is 0 Å². The summed E-state index contributed by atoms with van der Waals surface area (Å²) >= 11 is 0. The molecule has 0 unspecified atom stereocenters. The number of halogens is 1. The van der Waals surface area contributed by atoms with Crippen molar-refractivity contribution in [2.45, 2.75) is 30.3 Å². The molecule has 2 heterocycles. The van der Waals surface area contributed by atoms with E-state index >= 15 is 0 Å². The van der Waals surface area contributed by atoms with Crippen molar-refractivity contribution in [2.24, 2.45) is 0 Å². The minimum absolute atomic E-state index is 0.0607. The van der Waals surface area contributed by atoms with Crippen molar-refractivity contribution in [1.29, 1.82) is 0 Å². The van der Waals surface area contributed by atoms with Gasteiger partial charge in [0.1, 0.15) is 5.82 Å². The van der Waals surface area contributed by atoms with Crippen molar-refractivity contribution in [2.75, 3.05) is 18.4 Å². The van der Waals surface area contributed by atoms with E-state index in [1.165, 1.54) is 21.7 Å². The molecule has 0 bridgehead atoms. The SMILES string of the molecule is O=S(=O)(c1ccc(F)cc1)n1ccc2c(NC3CCN(Cc4ccccc4)CC3)cccc21. The Bertz CT molecular complexity index is 1340. The molecule has 1 aliphatic heterocycles. The Balaban J connectivity index is 1.31. The fourth-order valence-electron chi connectivity index (χ4n) is 4.50. The van der Waals surface area contributed by atoms with Gasteiger partial charge in [-0.15, -0.1) is 0 Å². The van der Waals surface area contributed by atoms with Gasteiger partial charge >= 0.3 is 0 Å². The third kappa shape index (κ3) is 4.51. The molecule has 1 fully saturated rings. The van der Waals surface area contributed by atoms with E-state index < -0.39 is 15.8 Å². The summed E-state index contributed by atoms with van der Waals surface area (Å²) in [5.74, 6) is -0.465. The molecule has 0 spiro atoms. The van der Waals surface area contributed by atoms with Crippen LogP contribution in [0.5, 0.6) is 0 Å². The number of anilines is 1. The molecule has 4 aromatic rings. The lowest BCUT2D eigenvalue weighted by molar-refractivity contribution is 0.211. The van der Waals surface area contributed by atoms with E-state index in [1.54, 1.807) is 12.3 Å². The molecule has 0 radical (unpaired) electrons. The van der Waals surface area contributed by atoms with Crippen molar-refractivity contribution in [3.05, 3.63) is 96.4 Å². The lowest BCUT2D eigenvalue weighted by atomic mass is 10.0. The Labute approximate surface area is 193 Å².